The maximum Gasteiger partial charge on any atom is 0.170 e. The molecule has 2 rings (SSSR count). The van der Waals surface area contributed by atoms with Gasteiger partial charge in [-0.15, -0.1) is 0 Å². The highest BCUT2D eigenvalue weighted by molar-refractivity contribution is 9.10. The second-order valence-electron chi connectivity index (χ2n) is 3.17. The molecule has 0 unspecified atom stereocenters. The number of aromatic hydroxyl groups is 1. The van der Waals surface area contributed by atoms with Crippen molar-refractivity contribution in [2.24, 2.45) is 0 Å². The van der Waals surface area contributed by atoms with Crippen molar-refractivity contribution in [2.75, 3.05) is 0 Å². The number of ether oxygens (including phenoxy) is 1. The molecule has 0 atom stereocenters. The minimum atomic E-state index is 0.0623. The van der Waals surface area contributed by atoms with Gasteiger partial charge in [0.05, 0.1) is 0 Å². The lowest BCUT2D eigenvalue weighted by atomic mass is 10.3. The Morgan fingerprint density at radius 3 is 2.44 bits per heavy atom. The average molecular weight is 300 g/mol. The molecule has 0 heterocycles. The SMILES string of the molecule is Oc1ccc(Cl)cc1Oc1ccc(Br)cc1. The average Bonchev–Trinajstić information content (AvgIpc) is 2.27. The second kappa shape index (κ2) is 4.76. The quantitative estimate of drug-likeness (QED) is 0.878. The zero-order valence-electron chi connectivity index (χ0n) is 8.15. The first-order valence-electron chi connectivity index (χ1n) is 4.57. The topological polar surface area (TPSA) is 29.5 Å². The standard InChI is InChI=1S/C12H8BrClO2/c13-8-1-4-10(5-2-8)16-12-7-9(14)3-6-11(12)15/h1-7,15H. The van der Waals surface area contributed by atoms with E-state index in [-0.39, 0.29) is 5.75 Å². The molecular formula is C12H8BrClO2. The van der Waals surface area contributed by atoms with Crippen LogP contribution in [-0.4, -0.2) is 5.11 Å². The van der Waals surface area contributed by atoms with E-state index in [0.29, 0.717) is 16.5 Å². The third-order valence-electron chi connectivity index (χ3n) is 1.96. The Morgan fingerprint density at radius 1 is 1.06 bits per heavy atom. The summed E-state index contributed by atoms with van der Waals surface area (Å²) in [5, 5.41) is 10.1. The lowest BCUT2D eigenvalue weighted by molar-refractivity contribution is 0.411. The summed E-state index contributed by atoms with van der Waals surface area (Å²) in [6, 6.07) is 12.0. The Hall–Kier alpha value is -1.19. The molecule has 1 N–H and O–H groups in total. The van der Waals surface area contributed by atoms with Crippen LogP contribution in [0.5, 0.6) is 17.2 Å². The van der Waals surface area contributed by atoms with Crippen molar-refractivity contribution in [1.82, 2.24) is 0 Å². The maximum atomic E-state index is 9.56. The molecule has 0 amide bonds. The minimum absolute atomic E-state index is 0.0623. The van der Waals surface area contributed by atoms with E-state index in [0.717, 1.165) is 4.47 Å². The molecule has 82 valence electrons. The van der Waals surface area contributed by atoms with Crippen molar-refractivity contribution in [3.63, 3.8) is 0 Å². The number of hydrogen-bond acceptors (Lipinski definition) is 2. The van der Waals surface area contributed by atoms with E-state index >= 15 is 0 Å². The number of benzene rings is 2. The van der Waals surface area contributed by atoms with Crippen molar-refractivity contribution in [2.45, 2.75) is 0 Å². The fourth-order valence-electron chi connectivity index (χ4n) is 1.20. The number of halogens is 2. The van der Waals surface area contributed by atoms with Gasteiger partial charge < -0.3 is 9.84 Å². The fourth-order valence-corrected chi connectivity index (χ4v) is 1.63. The van der Waals surface area contributed by atoms with E-state index in [9.17, 15) is 5.11 Å². The van der Waals surface area contributed by atoms with Crippen LogP contribution in [0.25, 0.3) is 0 Å². The molecular weight excluding hydrogens is 291 g/mol. The van der Waals surface area contributed by atoms with Crippen molar-refractivity contribution in [3.05, 3.63) is 52.0 Å². The van der Waals surface area contributed by atoms with Crippen LogP contribution in [0.2, 0.25) is 5.02 Å². The molecule has 0 spiro atoms. The number of rotatable bonds is 2. The summed E-state index contributed by atoms with van der Waals surface area (Å²) in [4.78, 5) is 0. The molecule has 0 aliphatic heterocycles. The highest BCUT2D eigenvalue weighted by Crippen LogP contribution is 2.33. The predicted octanol–water partition coefficient (Wildman–Crippen LogP) is 4.60. The third kappa shape index (κ3) is 2.68. The monoisotopic (exact) mass is 298 g/mol. The van der Waals surface area contributed by atoms with Crippen LogP contribution < -0.4 is 4.74 Å². The summed E-state index contributed by atoms with van der Waals surface area (Å²) in [6.07, 6.45) is 0. The fraction of sp³-hybridized carbons (Fsp3) is 0. The molecule has 2 nitrogen and oxygen atoms in total. The Labute approximate surface area is 107 Å². The van der Waals surface area contributed by atoms with Gasteiger partial charge in [-0.1, -0.05) is 27.5 Å². The zero-order chi connectivity index (χ0) is 11.5. The van der Waals surface area contributed by atoms with E-state index in [1.165, 1.54) is 6.07 Å². The molecule has 0 saturated heterocycles. The molecule has 0 aromatic heterocycles. The van der Waals surface area contributed by atoms with Crippen LogP contribution in [0.1, 0.15) is 0 Å². The van der Waals surface area contributed by atoms with Crippen LogP contribution >= 0.6 is 27.5 Å². The van der Waals surface area contributed by atoms with E-state index in [1.807, 2.05) is 12.1 Å². The first-order valence-corrected chi connectivity index (χ1v) is 5.74. The van der Waals surface area contributed by atoms with Gasteiger partial charge in [0.25, 0.3) is 0 Å². The molecule has 0 aliphatic rings. The summed E-state index contributed by atoms with van der Waals surface area (Å²) in [5.41, 5.74) is 0. The van der Waals surface area contributed by atoms with Crippen LogP contribution in [0, 0.1) is 0 Å². The summed E-state index contributed by atoms with van der Waals surface area (Å²) >= 11 is 9.14. The molecule has 0 fully saturated rings. The Morgan fingerprint density at radius 2 is 1.75 bits per heavy atom. The van der Waals surface area contributed by atoms with Crippen molar-refractivity contribution in [3.8, 4) is 17.2 Å². The molecule has 4 heteroatoms. The second-order valence-corrected chi connectivity index (χ2v) is 4.52. The summed E-state index contributed by atoms with van der Waals surface area (Å²) in [5.74, 6) is 1.04. The van der Waals surface area contributed by atoms with Crippen LogP contribution in [-0.2, 0) is 0 Å². The normalized spacial score (nSPS) is 10.1. The van der Waals surface area contributed by atoms with E-state index in [2.05, 4.69) is 15.9 Å². The summed E-state index contributed by atoms with van der Waals surface area (Å²) in [6.45, 7) is 0. The lowest BCUT2D eigenvalue weighted by Crippen LogP contribution is -1.84. The van der Waals surface area contributed by atoms with Gasteiger partial charge in [0.15, 0.2) is 11.5 Å². The highest BCUT2D eigenvalue weighted by atomic mass is 79.9. The number of phenolic OH excluding ortho intramolecular Hbond substituents is 1. The molecule has 16 heavy (non-hydrogen) atoms. The highest BCUT2D eigenvalue weighted by Gasteiger charge is 2.04. The molecule has 0 aliphatic carbocycles. The Balaban J connectivity index is 2.26. The first kappa shape index (κ1) is 11.3. The van der Waals surface area contributed by atoms with Gasteiger partial charge in [0.2, 0.25) is 0 Å². The molecule has 2 aromatic rings. The third-order valence-corrected chi connectivity index (χ3v) is 2.73. The van der Waals surface area contributed by atoms with Gasteiger partial charge >= 0.3 is 0 Å². The van der Waals surface area contributed by atoms with Gasteiger partial charge in [-0.25, -0.2) is 0 Å². The van der Waals surface area contributed by atoms with E-state index in [1.54, 1.807) is 24.3 Å². The summed E-state index contributed by atoms with van der Waals surface area (Å²) in [7, 11) is 0. The van der Waals surface area contributed by atoms with E-state index in [4.69, 9.17) is 16.3 Å². The van der Waals surface area contributed by atoms with Gasteiger partial charge in [-0.05, 0) is 36.4 Å². The van der Waals surface area contributed by atoms with Gasteiger partial charge in [-0.2, -0.15) is 0 Å². The minimum Gasteiger partial charge on any atom is -0.504 e. The van der Waals surface area contributed by atoms with E-state index < -0.39 is 0 Å². The summed E-state index contributed by atoms with van der Waals surface area (Å²) < 4.78 is 6.46. The molecule has 0 saturated carbocycles. The largest absolute Gasteiger partial charge is 0.504 e. The van der Waals surface area contributed by atoms with Gasteiger partial charge in [0, 0.05) is 15.6 Å². The van der Waals surface area contributed by atoms with Crippen molar-refractivity contribution in [1.29, 1.82) is 0 Å². The smallest absolute Gasteiger partial charge is 0.170 e. The van der Waals surface area contributed by atoms with Gasteiger partial charge in [0.1, 0.15) is 5.75 Å². The lowest BCUT2D eigenvalue weighted by Gasteiger charge is -2.07. The molecule has 0 radical (unpaired) electrons. The van der Waals surface area contributed by atoms with Crippen LogP contribution in [0.3, 0.4) is 0 Å². The zero-order valence-corrected chi connectivity index (χ0v) is 10.5. The molecule has 2 aromatic carbocycles. The van der Waals surface area contributed by atoms with Crippen molar-refractivity contribution < 1.29 is 9.84 Å². The number of phenols is 1. The predicted molar refractivity (Wildman–Crippen MR) is 67.3 cm³/mol. The Bertz CT molecular complexity index is 497. The number of hydrogen-bond donors (Lipinski definition) is 1. The first-order chi connectivity index (χ1) is 7.65. The van der Waals surface area contributed by atoms with Gasteiger partial charge in [-0.3, -0.25) is 0 Å². The maximum absolute atomic E-state index is 9.56. The Kier molecular flexibility index (Phi) is 3.36. The molecule has 0 bridgehead atoms. The van der Waals surface area contributed by atoms with Crippen LogP contribution in [0.15, 0.2) is 46.9 Å². The van der Waals surface area contributed by atoms with Crippen LogP contribution in [0.4, 0.5) is 0 Å². The van der Waals surface area contributed by atoms with Crippen molar-refractivity contribution >= 4 is 27.5 Å².